The van der Waals surface area contributed by atoms with Crippen molar-refractivity contribution in [3.8, 4) is 0 Å². The summed E-state index contributed by atoms with van der Waals surface area (Å²) < 4.78 is 0. The van der Waals surface area contributed by atoms with Gasteiger partial charge in [-0.15, -0.1) is 0 Å². The van der Waals surface area contributed by atoms with Crippen LogP contribution in [0.1, 0.15) is 37.8 Å². The predicted octanol–water partition coefficient (Wildman–Crippen LogP) is 3.20. The molecule has 2 nitrogen and oxygen atoms in total. The van der Waals surface area contributed by atoms with Gasteiger partial charge >= 0.3 is 0 Å². The van der Waals surface area contributed by atoms with Crippen molar-refractivity contribution in [2.24, 2.45) is 5.41 Å². The fourth-order valence-corrected chi connectivity index (χ4v) is 2.80. The second-order valence-electron chi connectivity index (χ2n) is 6.11. The average Bonchev–Trinajstić information content (AvgIpc) is 2.23. The first-order chi connectivity index (χ1) is 7.98. The monoisotopic (exact) mass is 232 g/mol. The smallest absolute Gasteiger partial charge is 0.0346 e. The van der Waals surface area contributed by atoms with Gasteiger partial charge in [-0.25, -0.2) is 0 Å². The quantitative estimate of drug-likeness (QED) is 0.793. The summed E-state index contributed by atoms with van der Waals surface area (Å²) in [7, 11) is 0. The van der Waals surface area contributed by atoms with Crippen LogP contribution in [0.4, 0.5) is 5.69 Å². The van der Waals surface area contributed by atoms with Gasteiger partial charge in [0.1, 0.15) is 0 Å². The van der Waals surface area contributed by atoms with E-state index in [1.54, 1.807) is 0 Å². The Morgan fingerprint density at radius 1 is 1.35 bits per heavy atom. The van der Waals surface area contributed by atoms with E-state index in [4.69, 9.17) is 5.73 Å². The summed E-state index contributed by atoms with van der Waals surface area (Å²) in [5.74, 6) is 0. The largest absolute Gasteiger partial charge is 0.399 e. The Balaban J connectivity index is 2.08. The SMILES string of the molecule is Cc1c(N)cccc1CN1CCCC(C)(C)C1. The van der Waals surface area contributed by atoms with Crippen molar-refractivity contribution in [3.05, 3.63) is 29.3 Å². The molecule has 1 heterocycles. The van der Waals surface area contributed by atoms with E-state index < -0.39 is 0 Å². The topological polar surface area (TPSA) is 29.3 Å². The minimum absolute atomic E-state index is 0.465. The van der Waals surface area contributed by atoms with Crippen LogP contribution in [0.3, 0.4) is 0 Å². The summed E-state index contributed by atoms with van der Waals surface area (Å²) in [4.78, 5) is 2.56. The minimum atomic E-state index is 0.465. The van der Waals surface area contributed by atoms with E-state index in [2.05, 4.69) is 37.8 Å². The molecule has 1 aromatic carbocycles. The van der Waals surface area contributed by atoms with Crippen molar-refractivity contribution in [1.82, 2.24) is 4.90 Å². The number of rotatable bonds is 2. The third-order valence-electron chi connectivity index (χ3n) is 3.86. The Hall–Kier alpha value is -1.02. The molecule has 94 valence electrons. The van der Waals surface area contributed by atoms with Gasteiger partial charge in [-0.3, -0.25) is 4.90 Å². The summed E-state index contributed by atoms with van der Waals surface area (Å²) in [6, 6.07) is 6.25. The molecule has 1 saturated heterocycles. The first-order valence-corrected chi connectivity index (χ1v) is 6.54. The van der Waals surface area contributed by atoms with Gasteiger partial charge in [0, 0.05) is 18.8 Å². The van der Waals surface area contributed by atoms with Crippen LogP contribution in [0.5, 0.6) is 0 Å². The van der Waals surface area contributed by atoms with Gasteiger partial charge in [0.05, 0.1) is 0 Å². The van der Waals surface area contributed by atoms with Gasteiger partial charge in [-0.2, -0.15) is 0 Å². The van der Waals surface area contributed by atoms with Crippen LogP contribution in [-0.4, -0.2) is 18.0 Å². The van der Waals surface area contributed by atoms with Crippen LogP contribution >= 0.6 is 0 Å². The number of anilines is 1. The molecule has 0 aromatic heterocycles. The first-order valence-electron chi connectivity index (χ1n) is 6.54. The van der Waals surface area contributed by atoms with E-state index in [0.29, 0.717) is 5.41 Å². The summed E-state index contributed by atoms with van der Waals surface area (Å²) in [6.45, 7) is 10.3. The molecule has 1 aliphatic heterocycles. The maximum Gasteiger partial charge on any atom is 0.0346 e. The average molecular weight is 232 g/mol. The number of nitrogens with zero attached hydrogens (tertiary/aromatic N) is 1. The molecule has 1 aliphatic rings. The molecule has 0 bridgehead atoms. The van der Waals surface area contributed by atoms with Gasteiger partial charge in [0.2, 0.25) is 0 Å². The van der Waals surface area contributed by atoms with Crippen LogP contribution in [0.2, 0.25) is 0 Å². The third-order valence-corrected chi connectivity index (χ3v) is 3.86. The zero-order valence-electron chi connectivity index (χ0n) is 11.3. The van der Waals surface area contributed by atoms with Crippen molar-refractivity contribution >= 4 is 5.69 Å². The van der Waals surface area contributed by atoms with Gasteiger partial charge in [0.25, 0.3) is 0 Å². The molecule has 0 amide bonds. The van der Waals surface area contributed by atoms with E-state index in [1.807, 2.05) is 6.07 Å². The molecule has 1 fully saturated rings. The normalized spacial score (nSPS) is 20.4. The molecule has 0 radical (unpaired) electrons. The second-order valence-corrected chi connectivity index (χ2v) is 6.11. The number of hydrogen-bond acceptors (Lipinski definition) is 2. The van der Waals surface area contributed by atoms with E-state index >= 15 is 0 Å². The second kappa shape index (κ2) is 4.69. The molecule has 0 saturated carbocycles. The maximum absolute atomic E-state index is 5.96. The lowest BCUT2D eigenvalue weighted by Gasteiger charge is -2.38. The summed E-state index contributed by atoms with van der Waals surface area (Å²) in [5.41, 5.74) is 9.96. The predicted molar refractivity (Wildman–Crippen MR) is 73.9 cm³/mol. The number of nitrogen functional groups attached to an aromatic ring is 1. The van der Waals surface area contributed by atoms with Crippen LogP contribution in [0, 0.1) is 12.3 Å². The molecule has 0 atom stereocenters. The Bertz CT molecular complexity index is 396. The summed E-state index contributed by atoms with van der Waals surface area (Å²) in [5, 5.41) is 0. The number of piperidine rings is 1. The van der Waals surface area contributed by atoms with E-state index in [-0.39, 0.29) is 0 Å². The highest BCUT2D eigenvalue weighted by Crippen LogP contribution is 2.29. The van der Waals surface area contributed by atoms with Crippen LogP contribution in [0.25, 0.3) is 0 Å². The fraction of sp³-hybridized carbons (Fsp3) is 0.600. The maximum atomic E-state index is 5.96. The van der Waals surface area contributed by atoms with E-state index in [9.17, 15) is 0 Å². The van der Waals surface area contributed by atoms with Crippen molar-refractivity contribution in [1.29, 1.82) is 0 Å². The zero-order valence-corrected chi connectivity index (χ0v) is 11.3. The number of nitrogens with two attached hydrogens (primary N) is 1. The Kier molecular flexibility index (Phi) is 3.43. The molecule has 0 unspecified atom stereocenters. The molecule has 17 heavy (non-hydrogen) atoms. The van der Waals surface area contributed by atoms with Crippen LogP contribution < -0.4 is 5.73 Å². The molecule has 2 N–H and O–H groups in total. The molecule has 0 spiro atoms. The van der Waals surface area contributed by atoms with Gasteiger partial charge in [-0.1, -0.05) is 26.0 Å². The Morgan fingerprint density at radius 3 is 2.82 bits per heavy atom. The summed E-state index contributed by atoms with van der Waals surface area (Å²) in [6.07, 6.45) is 2.66. The van der Waals surface area contributed by atoms with E-state index in [1.165, 1.54) is 37.1 Å². The Morgan fingerprint density at radius 2 is 2.12 bits per heavy atom. The summed E-state index contributed by atoms with van der Waals surface area (Å²) >= 11 is 0. The Labute approximate surface area is 105 Å². The molecule has 1 aromatic rings. The van der Waals surface area contributed by atoms with E-state index in [0.717, 1.165) is 12.2 Å². The van der Waals surface area contributed by atoms with Crippen molar-refractivity contribution in [2.75, 3.05) is 18.8 Å². The zero-order chi connectivity index (χ0) is 12.5. The van der Waals surface area contributed by atoms with Gasteiger partial charge in [-0.05, 0) is 48.9 Å². The highest BCUT2D eigenvalue weighted by molar-refractivity contribution is 5.49. The van der Waals surface area contributed by atoms with Gasteiger partial charge in [0.15, 0.2) is 0 Å². The van der Waals surface area contributed by atoms with Gasteiger partial charge < -0.3 is 5.73 Å². The third kappa shape index (κ3) is 3.01. The van der Waals surface area contributed by atoms with Crippen molar-refractivity contribution < 1.29 is 0 Å². The molecule has 0 aliphatic carbocycles. The molecule has 2 heteroatoms. The highest BCUT2D eigenvalue weighted by Gasteiger charge is 2.26. The van der Waals surface area contributed by atoms with Crippen molar-refractivity contribution in [2.45, 2.75) is 40.2 Å². The number of benzene rings is 1. The minimum Gasteiger partial charge on any atom is -0.399 e. The lowest BCUT2D eigenvalue weighted by molar-refractivity contribution is 0.111. The lowest BCUT2D eigenvalue weighted by atomic mass is 9.84. The number of likely N-dealkylation sites (tertiary alicyclic amines) is 1. The first kappa shape index (κ1) is 12.4. The fourth-order valence-electron chi connectivity index (χ4n) is 2.80. The number of hydrogen-bond donors (Lipinski definition) is 1. The van der Waals surface area contributed by atoms with Crippen LogP contribution in [-0.2, 0) is 6.54 Å². The standard InChI is InChI=1S/C15H24N2/c1-12-13(6-4-7-14(12)16)10-17-9-5-8-15(2,3)11-17/h4,6-7H,5,8-11,16H2,1-3H3. The molecule has 2 rings (SSSR count). The molecular formula is C15H24N2. The highest BCUT2D eigenvalue weighted by atomic mass is 15.1. The van der Waals surface area contributed by atoms with Crippen molar-refractivity contribution in [3.63, 3.8) is 0 Å². The lowest BCUT2D eigenvalue weighted by Crippen LogP contribution is -2.39. The van der Waals surface area contributed by atoms with Crippen LogP contribution in [0.15, 0.2) is 18.2 Å². The molecular weight excluding hydrogens is 208 g/mol.